The number of aliphatic carboxylic acids is 1. The second-order valence-electron chi connectivity index (χ2n) is 12.5. The second-order valence-corrected chi connectivity index (χ2v) is 13.6. The quantitative estimate of drug-likeness (QED) is 0.176. The molecule has 5 rings (SSSR count). The Morgan fingerprint density at radius 1 is 1.07 bits per heavy atom. The van der Waals surface area contributed by atoms with Gasteiger partial charge in [-0.15, -0.1) is 11.3 Å². The van der Waals surface area contributed by atoms with E-state index in [2.05, 4.69) is 62.6 Å². The van der Waals surface area contributed by atoms with Crippen LogP contribution in [0.3, 0.4) is 0 Å². The van der Waals surface area contributed by atoms with Crippen molar-refractivity contribution in [3.05, 3.63) is 99.0 Å². The molecule has 1 aliphatic carbocycles. The number of nitrogens with zero attached hydrogens (tertiary/aromatic N) is 1. The van der Waals surface area contributed by atoms with Gasteiger partial charge in [0.15, 0.2) is 0 Å². The van der Waals surface area contributed by atoms with Gasteiger partial charge in [0.05, 0.1) is 5.92 Å². The molecule has 6 heteroatoms. The van der Waals surface area contributed by atoms with Gasteiger partial charge in [0.1, 0.15) is 17.7 Å². The molecule has 2 atom stereocenters. The Morgan fingerprint density at radius 3 is 2.42 bits per heavy atom. The molecule has 1 N–H and O–H groups in total. The number of thiophene rings is 1. The van der Waals surface area contributed by atoms with Gasteiger partial charge in [0.25, 0.3) is 0 Å². The third kappa shape index (κ3) is 7.41. The molecule has 2 fully saturated rings. The van der Waals surface area contributed by atoms with Gasteiger partial charge in [0, 0.05) is 40.9 Å². The lowest BCUT2D eigenvalue weighted by Crippen LogP contribution is -2.49. The number of likely N-dealkylation sites (tertiary alicyclic amines) is 1. The summed E-state index contributed by atoms with van der Waals surface area (Å²) in [6.07, 6.45) is 7.38. The molecule has 0 amide bonds. The Kier molecular flexibility index (Phi) is 10.4. The Bertz CT molecular complexity index is 1390. The van der Waals surface area contributed by atoms with Gasteiger partial charge in [-0.3, -0.25) is 9.69 Å². The molecule has 1 aromatic heterocycles. The number of hydrogen-bond acceptors (Lipinski definition) is 4. The van der Waals surface area contributed by atoms with Gasteiger partial charge in [0.2, 0.25) is 0 Å². The van der Waals surface area contributed by atoms with E-state index in [4.69, 9.17) is 4.74 Å². The maximum Gasteiger partial charge on any atom is 0.309 e. The number of carboxylic acid groups (broad SMARTS) is 1. The fourth-order valence-corrected chi connectivity index (χ4v) is 8.21. The lowest BCUT2D eigenvalue weighted by molar-refractivity contribution is -0.147. The van der Waals surface area contributed by atoms with Crippen LogP contribution in [0.1, 0.15) is 109 Å². The van der Waals surface area contributed by atoms with Crippen molar-refractivity contribution < 1.29 is 19.0 Å². The zero-order valence-electron chi connectivity index (χ0n) is 25.9. The molecule has 1 unspecified atom stereocenters. The highest BCUT2D eigenvalue weighted by atomic mass is 32.1. The first-order valence-electron chi connectivity index (χ1n) is 16.1. The molecule has 1 saturated heterocycles. The van der Waals surface area contributed by atoms with Crippen molar-refractivity contribution in [1.29, 1.82) is 0 Å². The van der Waals surface area contributed by atoms with E-state index in [0.29, 0.717) is 30.8 Å². The molecule has 2 aromatic carbocycles. The minimum Gasteiger partial charge on any atom is -0.490 e. The largest absolute Gasteiger partial charge is 0.490 e. The average molecular weight is 604 g/mol. The van der Waals surface area contributed by atoms with Crippen molar-refractivity contribution >= 4 is 23.1 Å². The van der Waals surface area contributed by atoms with Crippen molar-refractivity contribution in [3.63, 3.8) is 0 Å². The lowest BCUT2D eigenvalue weighted by Gasteiger charge is -2.36. The number of aryl methyl sites for hydroxylation is 1. The smallest absolute Gasteiger partial charge is 0.309 e. The van der Waals surface area contributed by atoms with Crippen molar-refractivity contribution in [3.8, 4) is 0 Å². The molecule has 43 heavy (non-hydrogen) atoms. The number of ether oxygens (including phenoxy) is 1. The van der Waals surface area contributed by atoms with Crippen LogP contribution in [0.5, 0.6) is 0 Å². The molecular weight excluding hydrogens is 557 g/mol. The number of carbonyl (C=O) groups is 1. The number of hydrogen-bond donors (Lipinski definition) is 1. The summed E-state index contributed by atoms with van der Waals surface area (Å²) in [5.74, 6) is 0.888. The van der Waals surface area contributed by atoms with Crippen LogP contribution in [0.25, 0.3) is 5.76 Å². The fourth-order valence-electron chi connectivity index (χ4n) is 6.72. The Morgan fingerprint density at radius 2 is 1.79 bits per heavy atom. The second kappa shape index (κ2) is 14.2. The minimum absolute atomic E-state index is 0.0367. The van der Waals surface area contributed by atoms with Crippen molar-refractivity contribution in [2.75, 3.05) is 13.1 Å². The molecule has 1 saturated carbocycles. The van der Waals surface area contributed by atoms with Gasteiger partial charge in [-0.25, -0.2) is 4.39 Å². The monoisotopic (exact) mass is 603 g/mol. The highest BCUT2D eigenvalue weighted by Crippen LogP contribution is 2.48. The molecule has 2 heterocycles. The molecule has 0 radical (unpaired) electrons. The Labute approximate surface area is 260 Å². The average Bonchev–Trinajstić information content (AvgIpc) is 3.36. The van der Waals surface area contributed by atoms with E-state index in [1.54, 1.807) is 12.1 Å². The molecule has 3 aromatic rings. The highest BCUT2D eigenvalue weighted by molar-refractivity contribution is 7.12. The predicted molar refractivity (Wildman–Crippen MR) is 174 cm³/mol. The summed E-state index contributed by atoms with van der Waals surface area (Å²) in [4.78, 5) is 16.2. The number of unbranched alkanes of at least 4 members (excludes halogenated alkanes) is 1. The highest BCUT2D eigenvalue weighted by Gasteiger charge is 2.34. The number of carboxylic acids is 1. The first kappa shape index (κ1) is 31.5. The summed E-state index contributed by atoms with van der Waals surface area (Å²) < 4.78 is 20.3. The van der Waals surface area contributed by atoms with E-state index in [9.17, 15) is 14.3 Å². The van der Waals surface area contributed by atoms with E-state index >= 15 is 0 Å². The Hall–Kier alpha value is -2.96. The van der Waals surface area contributed by atoms with Crippen LogP contribution in [-0.2, 0) is 22.5 Å². The van der Waals surface area contributed by atoms with Crippen LogP contribution in [0.2, 0.25) is 0 Å². The zero-order chi connectivity index (χ0) is 30.5. The molecule has 230 valence electrons. The van der Waals surface area contributed by atoms with Crippen LogP contribution in [0, 0.1) is 11.7 Å². The topological polar surface area (TPSA) is 49.8 Å². The number of benzene rings is 2. The van der Waals surface area contributed by atoms with E-state index in [1.807, 2.05) is 17.4 Å². The molecule has 2 aliphatic rings. The molecule has 0 bridgehead atoms. The molecule has 1 aliphatic heterocycles. The van der Waals surface area contributed by atoms with Gasteiger partial charge in [-0.05, 0) is 78.8 Å². The summed E-state index contributed by atoms with van der Waals surface area (Å²) in [5, 5.41) is 9.25. The Balaban J connectivity index is 1.23. The SMILES string of the molecule is C=C(OC(CC)[C@H](CCCC)c1sc(CN2CC(C(=O)O)C2)cc1CC)c1ccc(C2CC(c3cccc(F)c3)C2)cc1. The van der Waals surface area contributed by atoms with Crippen molar-refractivity contribution in [2.45, 2.75) is 96.1 Å². The summed E-state index contributed by atoms with van der Waals surface area (Å²) in [7, 11) is 0. The summed E-state index contributed by atoms with van der Waals surface area (Å²) in [6.45, 7) is 13.1. The van der Waals surface area contributed by atoms with Crippen molar-refractivity contribution in [1.82, 2.24) is 4.90 Å². The summed E-state index contributed by atoms with van der Waals surface area (Å²) in [5.41, 5.74) is 4.85. The summed E-state index contributed by atoms with van der Waals surface area (Å²) >= 11 is 1.89. The maximum absolute atomic E-state index is 13.6. The van der Waals surface area contributed by atoms with E-state index < -0.39 is 5.97 Å². The first-order chi connectivity index (χ1) is 20.8. The van der Waals surface area contributed by atoms with Gasteiger partial charge >= 0.3 is 5.97 Å². The first-order valence-corrected chi connectivity index (χ1v) is 16.9. The van der Waals surface area contributed by atoms with E-state index in [-0.39, 0.29) is 17.8 Å². The third-order valence-corrected chi connectivity index (χ3v) is 10.8. The van der Waals surface area contributed by atoms with E-state index in [0.717, 1.165) is 68.4 Å². The summed E-state index contributed by atoms with van der Waals surface area (Å²) in [6, 6.07) is 18.1. The number of rotatable bonds is 15. The van der Waals surface area contributed by atoms with E-state index in [1.165, 1.54) is 26.9 Å². The van der Waals surface area contributed by atoms with Crippen molar-refractivity contribution in [2.24, 2.45) is 5.92 Å². The molecular formula is C37H46FNO3S. The lowest BCUT2D eigenvalue weighted by atomic mass is 9.68. The standard InChI is InChI=1S/C37H46FNO3S/c1-5-8-12-34(36-25(6-2)20-33(43-36)23-39-21-31(22-39)37(40)41)35(7-3)42-24(4)26-13-15-27(16-14-26)29-17-30(18-29)28-10-9-11-32(38)19-28/h9-11,13-16,19-20,29-31,34-35H,4-8,12,17-18,21-23H2,1-3H3,(H,40,41)/t29?,30?,34-,35?/m0/s1. The normalized spacial score (nSPS) is 20.2. The zero-order valence-corrected chi connectivity index (χ0v) is 26.7. The maximum atomic E-state index is 13.6. The minimum atomic E-state index is -0.688. The van der Waals surface area contributed by atoms with Crippen LogP contribution in [0.4, 0.5) is 4.39 Å². The van der Waals surface area contributed by atoms with Crippen LogP contribution in [-0.4, -0.2) is 35.2 Å². The molecule has 4 nitrogen and oxygen atoms in total. The van der Waals surface area contributed by atoms with Crippen LogP contribution >= 0.6 is 11.3 Å². The third-order valence-electron chi connectivity index (χ3n) is 9.47. The van der Waals surface area contributed by atoms with Gasteiger partial charge in [-0.2, -0.15) is 0 Å². The molecule has 0 spiro atoms. The van der Waals surface area contributed by atoms with Crippen LogP contribution in [0.15, 0.2) is 61.2 Å². The fraction of sp³-hybridized carbons (Fsp3) is 0.486. The van der Waals surface area contributed by atoms with Crippen LogP contribution < -0.4 is 0 Å². The predicted octanol–water partition coefficient (Wildman–Crippen LogP) is 9.37. The van der Waals surface area contributed by atoms with Gasteiger partial charge < -0.3 is 9.84 Å². The number of halogens is 1. The van der Waals surface area contributed by atoms with Gasteiger partial charge in [-0.1, -0.05) is 76.6 Å².